The molecule has 2 saturated heterocycles. The highest BCUT2D eigenvalue weighted by atomic mass is 32.2. The van der Waals surface area contributed by atoms with E-state index in [2.05, 4.69) is 9.47 Å². The van der Waals surface area contributed by atoms with Crippen molar-refractivity contribution in [1.29, 1.82) is 0 Å². The van der Waals surface area contributed by atoms with Crippen molar-refractivity contribution < 1.29 is 37.0 Å². The Balaban J connectivity index is 2.13. The SMILES string of the molecule is COC(=O)OCOC(=O)[C@@H]1N2C(=O)C[C@H]2S(=O)(=O)C1(C)C. The summed E-state index contributed by atoms with van der Waals surface area (Å²) in [6.45, 7) is 2.01. The van der Waals surface area contributed by atoms with Gasteiger partial charge < -0.3 is 19.1 Å². The summed E-state index contributed by atoms with van der Waals surface area (Å²) in [6.07, 6.45) is -1.17. The highest BCUT2D eigenvalue weighted by Crippen LogP contribution is 2.45. The molecular weight excluding hydrogens is 306 g/mol. The zero-order chi connectivity index (χ0) is 16.0. The summed E-state index contributed by atoms with van der Waals surface area (Å²) in [5.41, 5.74) is 0. The van der Waals surface area contributed by atoms with Crippen molar-refractivity contribution in [3.8, 4) is 0 Å². The van der Waals surface area contributed by atoms with Gasteiger partial charge in [0.2, 0.25) is 12.7 Å². The monoisotopic (exact) mass is 321 g/mol. The van der Waals surface area contributed by atoms with Gasteiger partial charge in [-0.05, 0) is 13.8 Å². The Labute approximate surface area is 121 Å². The molecule has 21 heavy (non-hydrogen) atoms. The van der Waals surface area contributed by atoms with Gasteiger partial charge in [0, 0.05) is 0 Å². The van der Waals surface area contributed by atoms with Crippen LogP contribution < -0.4 is 0 Å². The molecule has 2 fully saturated rings. The molecule has 0 saturated carbocycles. The fraction of sp³-hybridized carbons (Fsp3) is 0.727. The van der Waals surface area contributed by atoms with Gasteiger partial charge in [0.1, 0.15) is 11.4 Å². The van der Waals surface area contributed by atoms with E-state index in [1.165, 1.54) is 13.8 Å². The first-order chi connectivity index (χ1) is 9.64. The molecule has 10 heteroatoms. The number of hydrogen-bond acceptors (Lipinski definition) is 8. The van der Waals surface area contributed by atoms with Gasteiger partial charge in [-0.15, -0.1) is 0 Å². The maximum atomic E-state index is 12.3. The molecular formula is C11H15NO8S. The van der Waals surface area contributed by atoms with Gasteiger partial charge in [-0.3, -0.25) is 4.79 Å². The van der Waals surface area contributed by atoms with Crippen LogP contribution in [0.2, 0.25) is 0 Å². The number of rotatable bonds is 3. The molecule has 0 N–H and O–H groups in total. The third-order valence-corrected chi connectivity index (χ3v) is 6.54. The summed E-state index contributed by atoms with van der Waals surface area (Å²) in [7, 11) is -2.58. The van der Waals surface area contributed by atoms with E-state index >= 15 is 0 Å². The quantitative estimate of drug-likeness (QED) is 0.384. The second kappa shape index (κ2) is 4.86. The van der Waals surface area contributed by atoms with E-state index in [4.69, 9.17) is 4.74 Å². The number of fused-ring (bicyclic) bond motifs is 1. The number of sulfone groups is 1. The lowest BCUT2D eigenvalue weighted by Gasteiger charge is -2.36. The molecule has 2 atom stereocenters. The second-order valence-corrected chi connectivity index (χ2v) is 7.88. The summed E-state index contributed by atoms with van der Waals surface area (Å²) >= 11 is 0. The predicted molar refractivity (Wildman–Crippen MR) is 66.5 cm³/mol. The molecule has 0 aliphatic carbocycles. The normalized spacial score (nSPS) is 28.3. The minimum Gasteiger partial charge on any atom is -0.438 e. The third-order valence-electron chi connectivity index (χ3n) is 3.74. The van der Waals surface area contributed by atoms with Crippen LogP contribution in [0.15, 0.2) is 0 Å². The van der Waals surface area contributed by atoms with Gasteiger partial charge >= 0.3 is 12.1 Å². The topological polar surface area (TPSA) is 116 Å². The molecule has 2 aliphatic heterocycles. The number of hydrogen-bond donors (Lipinski definition) is 0. The second-order valence-electron chi connectivity index (χ2n) is 5.19. The molecule has 0 unspecified atom stereocenters. The van der Waals surface area contributed by atoms with Gasteiger partial charge in [0.25, 0.3) is 0 Å². The van der Waals surface area contributed by atoms with Crippen LogP contribution >= 0.6 is 0 Å². The Bertz CT molecular complexity index is 595. The summed E-state index contributed by atoms with van der Waals surface area (Å²) < 4.78 is 36.3. The average Bonchev–Trinajstić information content (AvgIpc) is 2.52. The van der Waals surface area contributed by atoms with Crippen LogP contribution in [0.1, 0.15) is 20.3 Å². The molecule has 0 aromatic heterocycles. The number of β-lactam (4-membered cyclic amide) rings is 1. The van der Waals surface area contributed by atoms with Crippen LogP contribution in [0, 0.1) is 0 Å². The number of amides is 1. The third kappa shape index (κ3) is 2.13. The van der Waals surface area contributed by atoms with Gasteiger partial charge in [0.05, 0.1) is 18.3 Å². The molecule has 0 aromatic rings. The minimum absolute atomic E-state index is 0.131. The van der Waals surface area contributed by atoms with E-state index in [1.54, 1.807) is 0 Å². The fourth-order valence-corrected chi connectivity index (χ4v) is 4.61. The number of carbonyl (C=O) groups excluding carboxylic acids is 3. The Hall–Kier alpha value is -1.84. The molecule has 9 nitrogen and oxygen atoms in total. The van der Waals surface area contributed by atoms with Crippen molar-refractivity contribution in [1.82, 2.24) is 4.90 Å². The van der Waals surface area contributed by atoms with Crippen LogP contribution in [-0.4, -0.2) is 61.4 Å². The highest BCUT2D eigenvalue weighted by Gasteiger charge is 2.68. The van der Waals surface area contributed by atoms with Crippen LogP contribution in [0.5, 0.6) is 0 Å². The molecule has 0 radical (unpaired) electrons. The maximum absolute atomic E-state index is 12.3. The maximum Gasteiger partial charge on any atom is 0.510 e. The number of nitrogens with zero attached hydrogens (tertiary/aromatic N) is 1. The summed E-state index contributed by atoms with van der Waals surface area (Å²) in [4.78, 5) is 35.4. The number of esters is 1. The summed E-state index contributed by atoms with van der Waals surface area (Å²) in [5, 5.41) is -0.987. The summed E-state index contributed by atoms with van der Waals surface area (Å²) in [5.74, 6) is -1.37. The molecule has 2 aliphatic rings. The lowest BCUT2D eigenvalue weighted by molar-refractivity contribution is -0.167. The van der Waals surface area contributed by atoms with E-state index in [0.29, 0.717) is 0 Å². The first kappa shape index (κ1) is 15.5. The Morgan fingerprint density at radius 1 is 1.33 bits per heavy atom. The first-order valence-electron chi connectivity index (χ1n) is 6.06. The van der Waals surface area contributed by atoms with Crippen molar-refractivity contribution in [2.75, 3.05) is 13.9 Å². The van der Waals surface area contributed by atoms with Gasteiger partial charge in [-0.2, -0.15) is 0 Å². The predicted octanol–water partition coefficient (Wildman–Crippen LogP) is -0.596. The zero-order valence-corrected chi connectivity index (χ0v) is 12.5. The van der Waals surface area contributed by atoms with Crippen molar-refractivity contribution in [3.63, 3.8) is 0 Å². The van der Waals surface area contributed by atoms with Gasteiger partial charge in [-0.25, -0.2) is 18.0 Å². The summed E-state index contributed by atoms with van der Waals surface area (Å²) in [6, 6.07) is -1.25. The van der Waals surface area contributed by atoms with Crippen molar-refractivity contribution in [3.05, 3.63) is 0 Å². The van der Waals surface area contributed by atoms with E-state index in [-0.39, 0.29) is 6.42 Å². The van der Waals surface area contributed by atoms with Crippen LogP contribution in [-0.2, 0) is 33.6 Å². The standard InChI is InChI=1S/C11H15NO8S/c1-11(2)8(9(14)19-5-20-10(15)18-3)12-6(13)4-7(12)21(11,16)17/h7-8H,4-5H2,1-3H3/t7-,8+/m1/s1. The lowest BCUT2D eigenvalue weighted by atomic mass is 9.98. The Morgan fingerprint density at radius 2 is 1.95 bits per heavy atom. The molecule has 2 rings (SSSR count). The Morgan fingerprint density at radius 3 is 2.48 bits per heavy atom. The van der Waals surface area contributed by atoms with E-state index in [9.17, 15) is 22.8 Å². The molecule has 0 aromatic carbocycles. The van der Waals surface area contributed by atoms with E-state index in [1.807, 2.05) is 0 Å². The largest absolute Gasteiger partial charge is 0.510 e. The Kier molecular flexibility index (Phi) is 3.60. The van der Waals surface area contributed by atoms with E-state index < -0.39 is 50.8 Å². The fourth-order valence-electron chi connectivity index (χ4n) is 2.48. The van der Waals surface area contributed by atoms with Crippen LogP contribution in [0.3, 0.4) is 0 Å². The molecule has 1 amide bonds. The first-order valence-corrected chi connectivity index (χ1v) is 7.61. The van der Waals surface area contributed by atoms with E-state index in [0.717, 1.165) is 12.0 Å². The number of methoxy groups -OCH3 is 1. The molecule has 0 bridgehead atoms. The smallest absolute Gasteiger partial charge is 0.438 e. The van der Waals surface area contributed by atoms with Crippen molar-refractivity contribution in [2.45, 2.75) is 36.4 Å². The zero-order valence-electron chi connectivity index (χ0n) is 11.7. The number of ether oxygens (including phenoxy) is 3. The molecule has 0 spiro atoms. The van der Waals surface area contributed by atoms with Crippen molar-refractivity contribution in [2.24, 2.45) is 0 Å². The number of carbonyl (C=O) groups is 3. The molecule has 2 heterocycles. The minimum atomic E-state index is -3.67. The van der Waals surface area contributed by atoms with Gasteiger partial charge in [-0.1, -0.05) is 0 Å². The highest BCUT2D eigenvalue weighted by molar-refractivity contribution is 7.93. The van der Waals surface area contributed by atoms with Crippen LogP contribution in [0.25, 0.3) is 0 Å². The van der Waals surface area contributed by atoms with Crippen molar-refractivity contribution >= 4 is 27.9 Å². The average molecular weight is 321 g/mol. The van der Waals surface area contributed by atoms with Crippen LogP contribution in [0.4, 0.5) is 4.79 Å². The molecule has 118 valence electrons. The van der Waals surface area contributed by atoms with Gasteiger partial charge in [0.15, 0.2) is 9.84 Å². The lowest BCUT2D eigenvalue weighted by Crippen LogP contribution is -2.57.